The number of hydrogen-bond acceptors (Lipinski definition) is 4. The first-order valence-corrected chi connectivity index (χ1v) is 7.36. The molecule has 1 aromatic heterocycles. The van der Waals surface area contributed by atoms with E-state index >= 15 is 0 Å². The summed E-state index contributed by atoms with van der Waals surface area (Å²) < 4.78 is 6.55. The van der Waals surface area contributed by atoms with Gasteiger partial charge in [-0.2, -0.15) is 0 Å². The molecule has 2 heterocycles. The number of aliphatic hydroxyl groups excluding tert-OH is 1. The van der Waals surface area contributed by atoms with E-state index in [1.54, 1.807) is 12.1 Å². The summed E-state index contributed by atoms with van der Waals surface area (Å²) in [5, 5.41) is 10.3. The number of nitrogens with zero attached hydrogens (tertiary/aromatic N) is 1. The Morgan fingerprint density at radius 2 is 1.95 bits per heavy atom. The number of carbonyl (C=O) groups is 2. The Labute approximate surface area is 123 Å². The van der Waals surface area contributed by atoms with Crippen molar-refractivity contribution in [2.75, 3.05) is 7.11 Å². The predicted molar refractivity (Wildman–Crippen MR) is 76.7 cm³/mol. The number of hydrogen-bond donors (Lipinski definition) is 1. The van der Waals surface area contributed by atoms with Crippen LogP contribution in [0.2, 0.25) is 0 Å². The Bertz CT molecular complexity index is 618. The molecule has 5 heteroatoms. The number of carbonyl (C=O) groups excluding carboxylic acids is 2. The lowest BCUT2D eigenvalue weighted by molar-refractivity contribution is -0.139. The third-order valence-electron chi connectivity index (χ3n) is 4.66. The van der Waals surface area contributed by atoms with E-state index in [9.17, 15) is 14.7 Å². The summed E-state index contributed by atoms with van der Waals surface area (Å²) in [4.78, 5) is 24.9. The van der Waals surface area contributed by atoms with Crippen molar-refractivity contribution in [3.63, 3.8) is 0 Å². The maximum atomic E-state index is 13.0. The zero-order valence-corrected chi connectivity index (χ0v) is 12.1. The first kappa shape index (κ1) is 13.9. The summed E-state index contributed by atoms with van der Waals surface area (Å²) in [7, 11) is 1.23. The van der Waals surface area contributed by atoms with Crippen LogP contribution in [0.1, 0.15) is 44.2 Å². The van der Waals surface area contributed by atoms with Gasteiger partial charge >= 0.3 is 5.97 Å². The SMILES string of the molecule is COC(=O)C1=C(O)c2cccn2C2(CCCCCC2)C1=O. The summed E-state index contributed by atoms with van der Waals surface area (Å²) in [6, 6.07) is 3.53. The molecular formula is C16H19NO4. The van der Waals surface area contributed by atoms with Crippen LogP contribution >= 0.6 is 0 Å². The monoisotopic (exact) mass is 289 g/mol. The van der Waals surface area contributed by atoms with Crippen molar-refractivity contribution in [2.24, 2.45) is 0 Å². The van der Waals surface area contributed by atoms with Gasteiger partial charge in [-0.15, -0.1) is 0 Å². The second-order valence-corrected chi connectivity index (χ2v) is 5.75. The van der Waals surface area contributed by atoms with Crippen LogP contribution in [-0.4, -0.2) is 28.5 Å². The van der Waals surface area contributed by atoms with Crippen LogP contribution < -0.4 is 0 Å². The standard InChI is InChI=1S/C16H19NO4/c1-21-15(20)12-13(18)11-7-6-10-17(11)16(14(12)19)8-4-2-3-5-9-16/h6-7,10,18H,2-5,8-9H2,1H3. The minimum Gasteiger partial charge on any atom is -0.505 e. The normalized spacial score (nSPS) is 21.1. The molecule has 0 bridgehead atoms. The summed E-state index contributed by atoms with van der Waals surface area (Å²) in [5.41, 5.74) is -0.423. The highest BCUT2D eigenvalue weighted by molar-refractivity contribution is 6.25. The lowest BCUT2D eigenvalue weighted by atomic mass is 9.79. The topological polar surface area (TPSA) is 68.5 Å². The molecule has 1 spiro atoms. The number of rotatable bonds is 1. The van der Waals surface area contributed by atoms with Gasteiger partial charge in [0.1, 0.15) is 11.1 Å². The molecule has 1 saturated carbocycles. The van der Waals surface area contributed by atoms with Crippen molar-refractivity contribution in [1.29, 1.82) is 0 Å². The number of fused-ring (bicyclic) bond motifs is 2. The third kappa shape index (κ3) is 1.91. The van der Waals surface area contributed by atoms with Crippen molar-refractivity contribution >= 4 is 17.5 Å². The minimum absolute atomic E-state index is 0.203. The fourth-order valence-electron chi connectivity index (χ4n) is 3.60. The number of methoxy groups -OCH3 is 1. The van der Waals surface area contributed by atoms with Gasteiger partial charge in [-0.05, 0) is 25.0 Å². The fraction of sp³-hybridized carbons (Fsp3) is 0.500. The number of ether oxygens (including phenoxy) is 1. The van der Waals surface area contributed by atoms with Crippen LogP contribution in [0.5, 0.6) is 0 Å². The molecule has 2 aliphatic rings. The summed E-state index contributed by atoms with van der Waals surface area (Å²) in [6.07, 6.45) is 7.28. The van der Waals surface area contributed by atoms with E-state index in [-0.39, 0.29) is 17.1 Å². The molecule has 0 atom stereocenters. The third-order valence-corrected chi connectivity index (χ3v) is 4.66. The molecule has 112 valence electrons. The van der Waals surface area contributed by atoms with Crippen LogP contribution in [0.3, 0.4) is 0 Å². The maximum absolute atomic E-state index is 13.0. The van der Waals surface area contributed by atoms with Crippen LogP contribution in [-0.2, 0) is 19.9 Å². The molecule has 3 rings (SSSR count). The fourth-order valence-corrected chi connectivity index (χ4v) is 3.60. The smallest absolute Gasteiger partial charge is 0.345 e. The number of aromatic nitrogens is 1. The molecule has 0 aromatic carbocycles. The summed E-state index contributed by atoms with van der Waals surface area (Å²) >= 11 is 0. The molecule has 1 N–H and O–H groups in total. The number of ketones is 1. The van der Waals surface area contributed by atoms with E-state index in [2.05, 4.69) is 0 Å². The van der Waals surface area contributed by atoms with E-state index in [0.717, 1.165) is 25.7 Å². The van der Waals surface area contributed by atoms with Crippen molar-refractivity contribution < 1.29 is 19.4 Å². The highest BCUT2D eigenvalue weighted by atomic mass is 16.5. The Hall–Kier alpha value is -2.04. The number of Topliss-reactive ketones (excluding diaryl/α,β-unsaturated/α-hetero) is 1. The quantitative estimate of drug-likeness (QED) is 0.637. The molecule has 21 heavy (non-hydrogen) atoms. The maximum Gasteiger partial charge on any atom is 0.345 e. The Kier molecular flexibility index (Phi) is 3.35. The van der Waals surface area contributed by atoms with Crippen LogP contribution in [0.4, 0.5) is 0 Å². The van der Waals surface area contributed by atoms with E-state index < -0.39 is 11.5 Å². The molecule has 1 fully saturated rings. The van der Waals surface area contributed by atoms with Gasteiger partial charge in [0.25, 0.3) is 0 Å². The first-order valence-electron chi connectivity index (χ1n) is 7.36. The molecular weight excluding hydrogens is 270 g/mol. The first-order chi connectivity index (χ1) is 10.1. The molecule has 1 aromatic rings. The van der Waals surface area contributed by atoms with Gasteiger partial charge in [0.05, 0.1) is 12.8 Å². The lowest BCUT2D eigenvalue weighted by Gasteiger charge is -2.38. The average Bonchev–Trinajstić information content (AvgIpc) is 2.85. The van der Waals surface area contributed by atoms with Crippen molar-refractivity contribution in [2.45, 2.75) is 44.1 Å². The van der Waals surface area contributed by atoms with Gasteiger partial charge in [0.2, 0.25) is 0 Å². The highest BCUT2D eigenvalue weighted by Crippen LogP contribution is 2.43. The van der Waals surface area contributed by atoms with E-state index in [1.165, 1.54) is 7.11 Å². The molecule has 0 radical (unpaired) electrons. The van der Waals surface area contributed by atoms with Gasteiger partial charge in [-0.3, -0.25) is 4.79 Å². The predicted octanol–water partition coefficient (Wildman–Crippen LogP) is 2.56. The summed E-state index contributed by atoms with van der Waals surface area (Å²) in [5.74, 6) is -1.34. The molecule has 1 aliphatic carbocycles. The minimum atomic E-state index is -0.756. The van der Waals surface area contributed by atoms with Crippen molar-refractivity contribution in [3.8, 4) is 0 Å². The van der Waals surface area contributed by atoms with E-state index in [4.69, 9.17) is 4.74 Å². The van der Waals surface area contributed by atoms with Gasteiger partial charge < -0.3 is 14.4 Å². The van der Waals surface area contributed by atoms with Gasteiger partial charge in [0, 0.05) is 6.20 Å². The molecule has 0 unspecified atom stereocenters. The largest absolute Gasteiger partial charge is 0.505 e. The molecule has 0 saturated heterocycles. The molecule has 5 nitrogen and oxygen atoms in total. The van der Waals surface area contributed by atoms with Crippen molar-refractivity contribution in [1.82, 2.24) is 4.57 Å². The number of aliphatic hydroxyl groups is 1. The second kappa shape index (κ2) is 5.06. The van der Waals surface area contributed by atoms with E-state index in [1.807, 2.05) is 10.8 Å². The Morgan fingerprint density at radius 3 is 2.57 bits per heavy atom. The van der Waals surface area contributed by atoms with Crippen LogP contribution in [0.25, 0.3) is 5.76 Å². The van der Waals surface area contributed by atoms with Gasteiger partial charge in [0.15, 0.2) is 11.5 Å². The lowest BCUT2D eigenvalue weighted by Crippen LogP contribution is -2.47. The molecule has 1 aliphatic heterocycles. The average molecular weight is 289 g/mol. The van der Waals surface area contributed by atoms with E-state index in [0.29, 0.717) is 18.5 Å². The van der Waals surface area contributed by atoms with Crippen LogP contribution in [0, 0.1) is 0 Å². The zero-order chi connectivity index (χ0) is 15.0. The van der Waals surface area contributed by atoms with Gasteiger partial charge in [-0.25, -0.2) is 4.79 Å². The number of esters is 1. The molecule has 0 amide bonds. The Balaban J connectivity index is 2.20. The Morgan fingerprint density at radius 1 is 1.29 bits per heavy atom. The zero-order valence-electron chi connectivity index (χ0n) is 12.1. The van der Waals surface area contributed by atoms with Gasteiger partial charge in [-0.1, -0.05) is 25.7 Å². The summed E-state index contributed by atoms with van der Waals surface area (Å²) in [6.45, 7) is 0. The highest BCUT2D eigenvalue weighted by Gasteiger charge is 2.49. The van der Waals surface area contributed by atoms with Crippen LogP contribution in [0.15, 0.2) is 23.9 Å². The second-order valence-electron chi connectivity index (χ2n) is 5.75. The van der Waals surface area contributed by atoms with Crippen molar-refractivity contribution in [3.05, 3.63) is 29.6 Å².